The molecule has 2 aliphatic heterocycles. The van der Waals surface area contributed by atoms with Gasteiger partial charge in [0.25, 0.3) is 11.8 Å². The summed E-state index contributed by atoms with van der Waals surface area (Å²) in [5, 5.41) is 1.09. The Balaban J connectivity index is 1.27. The molecule has 7 heteroatoms. The summed E-state index contributed by atoms with van der Waals surface area (Å²) < 4.78 is 0. The topological polar surface area (TPSA) is 73.8 Å². The van der Waals surface area contributed by atoms with Gasteiger partial charge in [-0.2, -0.15) is 0 Å². The van der Waals surface area contributed by atoms with E-state index in [0.29, 0.717) is 37.3 Å². The second kappa shape index (κ2) is 7.50. The number of carbonyl (C=O) groups is 3. The van der Waals surface area contributed by atoms with Gasteiger partial charge < -0.3 is 9.80 Å². The van der Waals surface area contributed by atoms with Gasteiger partial charge in [0.15, 0.2) is 0 Å². The first kappa shape index (κ1) is 19.2. The molecule has 0 radical (unpaired) electrons. The minimum Gasteiger partial charge on any atom is -0.353 e. The number of hydrogen-bond acceptors (Lipinski definition) is 5. The van der Waals surface area contributed by atoms with Gasteiger partial charge in [-0.25, -0.2) is 4.98 Å². The molecule has 5 rings (SSSR count). The molecular weight excluding hydrogens is 392 g/mol. The van der Waals surface area contributed by atoms with Crippen molar-refractivity contribution >= 4 is 34.4 Å². The molecule has 1 fully saturated rings. The van der Waals surface area contributed by atoms with Crippen LogP contribution >= 0.6 is 0 Å². The van der Waals surface area contributed by atoms with E-state index >= 15 is 0 Å². The van der Waals surface area contributed by atoms with Crippen LogP contribution < -0.4 is 4.90 Å². The van der Waals surface area contributed by atoms with E-state index in [9.17, 15) is 14.4 Å². The van der Waals surface area contributed by atoms with E-state index in [1.807, 2.05) is 30.3 Å². The highest BCUT2D eigenvalue weighted by atomic mass is 16.2. The van der Waals surface area contributed by atoms with Crippen LogP contribution in [-0.4, -0.2) is 64.7 Å². The lowest BCUT2D eigenvalue weighted by atomic mass is 10.1. The molecule has 0 saturated carbocycles. The van der Waals surface area contributed by atoms with E-state index in [2.05, 4.69) is 11.0 Å². The highest BCUT2D eigenvalue weighted by Crippen LogP contribution is 2.26. The third-order valence-corrected chi connectivity index (χ3v) is 6.07. The Hall–Kier alpha value is -3.74. The first-order valence-corrected chi connectivity index (χ1v) is 10.4. The number of benzene rings is 2. The molecule has 0 N–H and O–H groups in total. The van der Waals surface area contributed by atoms with E-state index in [-0.39, 0.29) is 5.91 Å². The van der Waals surface area contributed by atoms with Crippen LogP contribution in [0.25, 0.3) is 10.9 Å². The van der Waals surface area contributed by atoms with Gasteiger partial charge in [0, 0.05) is 31.6 Å². The first-order valence-electron chi connectivity index (χ1n) is 10.4. The predicted octanol–water partition coefficient (Wildman–Crippen LogP) is 2.57. The molecule has 31 heavy (non-hydrogen) atoms. The van der Waals surface area contributed by atoms with Crippen molar-refractivity contribution in [2.75, 3.05) is 31.1 Å². The Kier molecular flexibility index (Phi) is 4.66. The van der Waals surface area contributed by atoms with Crippen LogP contribution in [0, 0.1) is 0 Å². The maximum Gasteiger partial charge on any atom is 0.262 e. The lowest BCUT2D eigenvalue weighted by Gasteiger charge is -2.37. The van der Waals surface area contributed by atoms with E-state index < -0.39 is 17.9 Å². The van der Waals surface area contributed by atoms with Crippen LogP contribution in [0.1, 0.15) is 27.6 Å². The minimum atomic E-state index is -0.835. The molecule has 7 nitrogen and oxygen atoms in total. The summed E-state index contributed by atoms with van der Waals surface area (Å²) in [4.78, 5) is 48.2. The fourth-order valence-electron chi connectivity index (χ4n) is 4.32. The van der Waals surface area contributed by atoms with Gasteiger partial charge in [-0.1, -0.05) is 30.3 Å². The van der Waals surface area contributed by atoms with E-state index in [1.165, 1.54) is 0 Å². The molecule has 1 unspecified atom stereocenters. The SMILES string of the molecule is CC(C(=O)N1CCN(c2ccc3ccccc3n2)CC1)N1C(=O)c2ccccc2C1=O. The zero-order valence-corrected chi connectivity index (χ0v) is 17.2. The number of carbonyl (C=O) groups excluding carboxylic acids is 3. The van der Waals surface area contributed by atoms with Crippen LogP contribution in [0.2, 0.25) is 0 Å². The fraction of sp³-hybridized carbons (Fsp3) is 0.250. The largest absolute Gasteiger partial charge is 0.353 e. The number of piperazine rings is 1. The number of imide groups is 1. The van der Waals surface area contributed by atoms with Gasteiger partial charge in [0.2, 0.25) is 5.91 Å². The van der Waals surface area contributed by atoms with Crippen LogP contribution in [-0.2, 0) is 4.79 Å². The van der Waals surface area contributed by atoms with Crippen molar-refractivity contribution in [3.05, 3.63) is 71.8 Å². The summed E-state index contributed by atoms with van der Waals surface area (Å²) in [6.07, 6.45) is 0. The number of fused-ring (bicyclic) bond motifs is 2. The van der Waals surface area contributed by atoms with Crippen LogP contribution in [0.5, 0.6) is 0 Å². The molecule has 3 heterocycles. The molecule has 2 aliphatic rings. The smallest absolute Gasteiger partial charge is 0.262 e. The maximum atomic E-state index is 13.1. The van der Waals surface area contributed by atoms with Crippen molar-refractivity contribution in [1.82, 2.24) is 14.8 Å². The quantitative estimate of drug-likeness (QED) is 0.616. The summed E-state index contributed by atoms with van der Waals surface area (Å²) in [5.41, 5.74) is 1.66. The number of hydrogen-bond donors (Lipinski definition) is 0. The Morgan fingerprint density at radius 3 is 2.13 bits per heavy atom. The van der Waals surface area contributed by atoms with Crippen molar-refractivity contribution < 1.29 is 14.4 Å². The fourth-order valence-corrected chi connectivity index (χ4v) is 4.32. The highest BCUT2D eigenvalue weighted by Gasteiger charge is 2.42. The lowest BCUT2D eigenvalue weighted by molar-refractivity contribution is -0.135. The van der Waals surface area contributed by atoms with E-state index in [4.69, 9.17) is 4.98 Å². The Morgan fingerprint density at radius 1 is 0.839 bits per heavy atom. The third kappa shape index (κ3) is 3.22. The average Bonchev–Trinajstić information content (AvgIpc) is 3.08. The van der Waals surface area contributed by atoms with Crippen molar-refractivity contribution in [2.24, 2.45) is 0 Å². The van der Waals surface area contributed by atoms with Crippen LogP contribution in [0.3, 0.4) is 0 Å². The number of nitrogens with zero attached hydrogens (tertiary/aromatic N) is 4. The highest BCUT2D eigenvalue weighted by molar-refractivity contribution is 6.22. The molecule has 0 bridgehead atoms. The second-order valence-electron chi connectivity index (χ2n) is 7.88. The van der Waals surface area contributed by atoms with Crippen molar-refractivity contribution in [2.45, 2.75) is 13.0 Å². The monoisotopic (exact) mass is 414 g/mol. The van der Waals surface area contributed by atoms with Crippen LogP contribution in [0.4, 0.5) is 5.82 Å². The average molecular weight is 414 g/mol. The van der Waals surface area contributed by atoms with Gasteiger partial charge in [-0.3, -0.25) is 19.3 Å². The Morgan fingerprint density at radius 2 is 1.45 bits per heavy atom. The molecule has 3 amide bonds. The number of rotatable bonds is 3. The van der Waals surface area contributed by atoms with E-state index in [0.717, 1.165) is 21.6 Å². The normalized spacial score (nSPS) is 17.3. The minimum absolute atomic E-state index is 0.208. The Labute approximate surface area is 179 Å². The van der Waals surface area contributed by atoms with Gasteiger partial charge >= 0.3 is 0 Å². The maximum absolute atomic E-state index is 13.1. The molecule has 1 saturated heterocycles. The van der Waals surface area contributed by atoms with Gasteiger partial charge in [0.1, 0.15) is 11.9 Å². The summed E-state index contributed by atoms with van der Waals surface area (Å²) in [6.45, 7) is 3.95. The number of para-hydroxylation sites is 1. The summed E-state index contributed by atoms with van der Waals surface area (Å²) >= 11 is 0. The van der Waals surface area contributed by atoms with Crippen molar-refractivity contribution in [1.29, 1.82) is 0 Å². The first-order chi connectivity index (χ1) is 15.0. The molecule has 0 spiro atoms. The van der Waals surface area contributed by atoms with E-state index in [1.54, 1.807) is 36.1 Å². The van der Waals surface area contributed by atoms with Gasteiger partial charge in [-0.05, 0) is 37.3 Å². The number of aromatic nitrogens is 1. The number of pyridine rings is 1. The molecule has 0 aliphatic carbocycles. The molecule has 1 atom stereocenters. The summed E-state index contributed by atoms with van der Waals surface area (Å²) in [7, 11) is 0. The number of anilines is 1. The zero-order valence-electron chi connectivity index (χ0n) is 17.2. The standard InChI is InChI=1S/C24H22N4O3/c1-16(28-23(30)18-7-3-4-8-19(18)24(28)31)22(29)27-14-12-26(13-15-27)21-11-10-17-6-2-5-9-20(17)25-21/h2-11,16H,12-15H2,1H3. The predicted molar refractivity (Wildman–Crippen MR) is 117 cm³/mol. The molecule has 3 aromatic rings. The van der Waals surface area contributed by atoms with Crippen molar-refractivity contribution in [3.63, 3.8) is 0 Å². The molecule has 1 aromatic heterocycles. The summed E-state index contributed by atoms with van der Waals surface area (Å²) in [5.74, 6) is -0.124. The van der Waals surface area contributed by atoms with Crippen LogP contribution in [0.15, 0.2) is 60.7 Å². The molecular formula is C24H22N4O3. The third-order valence-electron chi connectivity index (χ3n) is 6.07. The van der Waals surface area contributed by atoms with Crippen molar-refractivity contribution in [3.8, 4) is 0 Å². The molecule has 2 aromatic carbocycles. The molecule has 156 valence electrons. The van der Waals surface area contributed by atoms with Gasteiger partial charge in [0.05, 0.1) is 16.6 Å². The number of amides is 3. The second-order valence-corrected chi connectivity index (χ2v) is 7.88. The Bertz CT molecular complexity index is 1170. The zero-order chi connectivity index (χ0) is 21.5. The summed E-state index contributed by atoms with van der Waals surface area (Å²) in [6, 6.07) is 17.9. The van der Waals surface area contributed by atoms with Gasteiger partial charge in [-0.15, -0.1) is 0 Å². The lowest BCUT2D eigenvalue weighted by Crippen LogP contribution is -2.55.